The molecule has 0 unspecified atom stereocenters. The molecule has 0 radical (unpaired) electrons. The van der Waals surface area contributed by atoms with E-state index in [0.29, 0.717) is 28.9 Å². The fraction of sp³-hybridized carbons (Fsp3) is 0.500. The van der Waals surface area contributed by atoms with Crippen molar-refractivity contribution in [2.45, 2.75) is 12.8 Å². The van der Waals surface area contributed by atoms with Crippen molar-refractivity contribution < 1.29 is 9.13 Å². The van der Waals surface area contributed by atoms with Crippen LogP contribution in [0.25, 0.3) is 0 Å². The summed E-state index contributed by atoms with van der Waals surface area (Å²) in [5, 5.41) is 0. The predicted octanol–water partition coefficient (Wildman–Crippen LogP) is 3.09. The summed E-state index contributed by atoms with van der Waals surface area (Å²) in [6.45, 7) is 2.06. The van der Waals surface area contributed by atoms with Gasteiger partial charge in [0.15, 0.2) is 5.82 Å². The molecule has 1 aromatic rings. The number of rotatable bonds is 7. The van der Waals surface area contributed by atoms with Gasteiger partial charge in [0.25, 0.3) is 0 Å². The van der Waals surface area contributed by atoms with E-state index in [1.54, 1.807) is 12.1 Å². The van der Waals surface area contributed by atoms with Crippen LogP contribution in [-0.4, -0.2) is 31.8 Å². The number of hydrogen-bond acceptors (Lipinski definition) is 3. The second-order valence-corrected chi connectivity index (χ2v) is 6.30. The average Bonchev–Trinajstić information content (AvgIpc) is 3.21. The fourth-order valence-electron chi connectivity index (χ4n) is 1.88. The summed E-state index contributed by atoms with van der Waals surface area (Å²) >= 11 is 8.09. The van der Waals surface area contributed by atoms with Gasteiger partial charge in [-0.1, -0.05) is 12.2 Å². The fourth-order valence-corrected chi connectivity index (χ4v) is 2.73. The van der Waals surface area contributed by atoms with Crippen molar-refractivity contribution in [1.82, 2.24) is 0 Å². The van der Waals surface area contributed by atoms with E-state index in [1.807, 2.05) is 11.9 Å². The predicted molar refractivity (Wildman–Crippen MR) is 86.8 cm³/mol. The van der Waals surface area contributed by atoms with Gasteiger partial charge in [-0.05, 0) is 46.8 Å². The quantitative estimate of drug-likeness (QED) is 0.598. The average molecular weight is 361 g/mol. The second kappa shape index (κ2) is 6.83. The van der Waals surface area contributed by atoms with Gasteiger partial charge in [0.05, 0.1) is 16.8 Å². The number of halogens is 2. The number of ether oxygens (including phenoxy) is 1. The van der Waals surface area contributed by atoms with Gasteiger partial charge in [-0.25, -0.2) is 4.39 Å². The molecule has 1 saturated carbocycles. The zero-order chi connectivity index (χ0) is 14.7. The molecule has 1 aliphatic carbocycles. The molecule has 0 heterocycles. The Morgan fingerprint density at radius 1 is 1.55 bits per heavy atom. The molecule has 20 heavy (non-hydrogen) atoms. The van der Waals surface area contributed by atoms with Gasteiger partial charge in [0.1, 0.15) is 4.99 Å². The van der Waals surface area contributed by atoms with Crippen LogP contribution in [-0.2, 0) is 4.74 Å². The van der Waals surface area contributed by atoms with Crippen LogP contribution >= 0.6 is 28.1 Å². The molecule has 2 rings (SSSR count). The molecule has 1 aliphatic rings. The zero-order valence-electron chi connectivity index (χ0n) is 11.4. The largest absolute Gasteiger partial charge is 0.389 e. The first-order valence-electron chi connectivity index (χ1n) is 6.57. The van der Waals surface area contributed by atoms with Gasteiger partial charge in [-0.3, -0.25) is 0 Å². The highest BCUT2D eigenvalue weighted by Gasteiger charge is 2.21. The van der Waals surface area contributed by atoms with Crippen LogP contribution in [0.5, 0.6) is 0 Å². The Balaban J connectivity index is 1.96. The van der Waals surface area contributed by atoms with Gasteiger partial charge in [-0.2, -0.15) is 0 Å². The minimum atomic E-state index is -0.347. The number of benzene rings is 1. The van der Waals surface area contributed by atoms with Gasteiger partial charge in [0, 0.05) is 25.8 Å². The van der Waals surface area contributed by atoms with Gasteiger partial charge in [-0.15, -0.1) is 0 Å². The molecule has 1 aromatic carbocycles. The lowest BCUT2D eigenvalue weighted by molar-refractivity contribution is 0.131. The summed E-state index contributed by atoms with van der Waals surface area (Å²) in [6.07, 6.45) is 2.55. The highest BCUT2D eigenvalue weighted by Crippen LogP contribution is 2.30. The van der Waals surface area contributed by atoms with Crippen molar-refractivity contribution in [3.05, 3.63) is 28.0 Å². The first-order valence-corrected chi connectivity index (χ1v) is 7.77. The molecule has 6 heteroatoms. The molecule has 0 bridgehead atoms. The maximum atomic E-state index is 14.3. The van der Waals surface area contributed by atoms with Crippen molar-refractivity contribution in [1.29, 1.82) is 0 Å². The normalized spacial score (nSPS) is 14.3. The van der Waals surface area contributed by atoms with E-state index >= 15 is 0 Å². The summed E-state index contributed by atoms with van der Waals surface area (Å²) in [5.74, 6) is 0.399. The molecule has 0 aliphatic heterocycles. The Labute approximate surface area is 132 Å². The van der Waals surface area contributed by atoms with E-state index in [4.69, 9.17) is 22.7 Å². The minimum absolute atomic E-state index is 0.178. The maximum Gasteiger partial charge on any atom is 0.161 e. The molecule has 0 spiro atoms. The summed E-state index contributed by atoms with van der Waals surface area (Å²) < 4.78 is 20.2. The number of nitrogens with zero attached hydrogens (tertiary/aromatic N) is 1. The Hall–Kier alpha value is -0.720. The van der Waals surface area contributed by atoms with Crippen LogP contribution in [0.15, 0.2) is 16.6 Å². The van der Waals surface area contributed by atoms with Crippen molar-refractivity contribution in [3.63, 3.8) is 0 Å². The van der Waals surface area contributed by atoms with Crippen molar-refractivity contribution in [2.75, 3.05) is 31.7 Å². The minimum Gasteiger partial charge on any atom is -0.389 e. The van der Waals surface area contributed by atoms with Gasteiger partial charge >= 0.3 is 0 Å². The maximum absolute atomic E-state index is 14.3. The molecular formula is C14H18BrFN2OS. The molecule has 2 N–H and O–H groups in total. The van der Waals surface area contributed by atoms with E-state index in [9.17, 15) is 4.39 Å². The molecule has 1 fully saturated rings. The van der Waals surface area contributed by atoms with Crippen LogP contribution in [0.2, 0.25) is 0 Å². The third kappa shape index (κ3) is 3.90. The summed E-state index contributed by atoms with van der Waals surface area (Å²) in [7, 11) is 1.84. The van der Waals surface area contributed by atoms with Crippen LogP contribution < -0.4 is 10.6 Å². The number of likely N-dealkylation sites (N-methyl/N-ethyl adjacent to an activating group) is 1. The topological polar surface area (TPSA) is 38.5 Å². The summed E-state index contributed by atoms with van der Waals surface area (Å²) in [5.41, 5.74) is 6.56. The Kier molecular flexibility index (Phi) is 5.35. The highest BCUT2D eigenvalue weighted by molar-refractivity contribution is 9.10. The Morgan fingerprint density at radius 2 is 2.25 bits per heavy atom. The third-order valence-corrected chi connectivity index (χ3v) is 4.36. The molecule has 0 aromatic heterocycles. The van der Waals surface area contributed by atoms with E-state index in [1.165, 1.54) is 12.8 Å². The number of hydrogen-bond donors (Lipinski definition) is 1. The van der Waals surface area contributed by atoms with E-state index in [0.717, 1.165) is 12.5 Å². The lowest BCUT2D eigenvalue weighted by Gasteiger charge is -2.21. The monoisotopic (exact) mass is 360 g/mol. The van der Waals surface area contributed by atoms with Crippen molar-refractivity contribution >= 4 is 38.8 Å². The molecule has 0 saturated heterocycles. The van der Waals surface area contributed by atoms with Crippen molar-refractivity contribution in [3.8, 4) is 0 Å². The SMILES string of the molecule is CN(CCOCC1CC1)c1ccc(C(N)=S)c(Br)c1F. The van der Waals surface area contributed by atoms with Crippen LogP contribution in [0, 0.1) is 11.7 Å². The lowest BCUT2D eigenvalue weighted by atomic mass is 10.2. The van der Waals surface area contributed by atoms with Crippen LogP contribution in [0.1, 0.15) is 18.4 Å². The lowest BCUT2D eigenvalue weighted by Crippen LogP contribution is -2.24. The summed E-state index contributed by atoms with van der Waals surface area (Å²) in [4.78, 5) is 2.01. The number of thiocarbonyl (C=S) groups is 1. The second-order valence-electron chi connectivity index (χ2n) is 5.06. The highest BCUT2D eigenvalue weighted by atomic mass is 79.9. The van der Waals surface area contributed by atoms with Crippen LogP contribution in [0.3, 0.4) is 0 Å². The van der Waals surface area contributed by atoms with E-state index < -0.39 is 0 Å². The molecular weight excluding hydrogens is 343 g/mol. The van der Waals surface area contributed by atoms with Crippen molar-refractivity contribution in [2.24, 2.45) is 11.7 Å². The zero-order valence-corrected chi connectivity index (χ0v) is 13.8. The molecule has 110 valence electrons. The van der Waals surface area contributed by atoms with Gasteiger partial charge in [0.2, 0.25) is 0 Å². The molecule has 0 amide bonds. The Bertz CT molecular complexity index is 508. The summed E-state index contributed by atoms with van der Waals surface area (Å²) in [6, 6.07) is 3.42. The first kappa shape index (κ1) is 15.7. The third-order valence-electron chi connectivity index (χ3n) is 3.36. The van der Waals surface area contributed by atoms with Crippen LogP contribution in [0.4, 0.5) is 10.1 Å². The molecule has 0 atom stereocenters. The smallest absolute Gasteiger partial charge is 0.161 e. The Morgan fingerprint density at radius 3 is 2.85 bits per heavy atom. The molecule has 3 nitrogen and oxygen atoms in total. The standard InChI is InChI=1S/C14H18BrFN2OS/c1-18(6-7-19-8-9-2-3-9)11-5-4-10(14(17)20)12(15)13(11)16/h4-5,9H,2-3,6-8H2,1H3,(H2,17,20). The van der Waals surface area contributed by atoms with Gasteiger partial charge < -0.3 is 15.4 Å². The van der Waals surface area contributed by atoms with E-state index in [2.05, 4.69) is 15.9 Å². The van der Waals surface area contributed by atoms with E-state index in [-0.39, 0.29) is 10.8 Å². The number of nitrogens with two attached hydrogens (primary N) is 1. The number of anilines is 1. The first-order chi connectivity index (χ1) is 9.50.